The number of thiophene rings is 1. The first-order chi connectivity index (χ1) is 11.0. The van der Waals surface area contributed by atoms with Gasteiger partial charge in [-0.25, -0.2) is 0 Å². The molecule has 2 aliphatic rings. The van der Waals surface area contributed by atoms with E-state index in [0.29, 0.717) is 6.04 Å². The molecule has 0 saturated heterocycles. The predicted molar refractivity (Wildman–Crippen MR) is 100 cm³/mol. The van der Waals surface area contributed by atoms with Crippen LogP contribution in [0.15, 0.2) is 0 Å². The van der Waals surface area contributed by atoms with Crippen LogP contribution in [0.4, 0.5) is 10.0 Å². The summed E-state index contributed by atoms with van der Waals surface area (Å²) in [5.74, 6) is 0.882. The summed E-state index contributed by atoms with van der Waals surface area (Å²) in [7, 11) is 0. The number of hydrogen-bond acceptors (Lipinski definition) is 4. The number of nitrogens with two attached hydrogens (primary N) is 3. The summed E-state index contributed by atoms with van der Waals surface area (Å²) in [5, 5.41) is 1.91. The average molecular weight is 338 g/mol. The van der Waals surface area contributed by atoms with Crippen molar-refractivity contribution in [1.29, 1.82) is 0 Å². The molecule has 1 atom stereocenters. The van der Waals surface area contributed by atoms with E-state index >= 15 is 0 Å². The molecule has 0 radical (unpaired) electrons. The minimum Gasteiger partial charge on any atom is -0.390 e. The molecular weight excluding hydrogens is 304 g/mol. The quantitative estimate of drug-likeness (QED) is 0.722. The van der Waals surface area contributed by atoms with Crippen LogP contribution in [0.1, 0.15) is 56.6 Å². The fraction of sp³-hybridized carbons (Fsp3) is 0.778. The van der Waals surface area contributed by atoms with Gasteiger partial charge in [-0.15, -0.1) is 11.3 Å². The van der Waals surface area contributed by atoms with Gasteiger partial charge in [-0.3, -0.25) is 0 Å². The fourth-order valence-electron chi connectivity index (χ4n) is 4.65. The zero-order valence-electron chi connectivity index (χ0n) is 14.5. The van der Waals surface area contributed by atoms with Gasteiger partial charge in [0.05, 0.1) is 29.6 Å². The average Bonchev–Trinajstić information content (AvgIpc) is 2.81. The Hall–Kier alpha value is -0.780. The van der Waals surface area contributed by atoms with E-state index in [1.54, 1.807) is 11.3 Å². The maximum absolute atomic E-state index is 6.25. The van der Waals surface area contributed by atoms with Gasteiger partial charge in [0.15, 0.2) is 0 Å². The molecule has 1 aliphatic carbocycles. The van der Waals surface area contributed by atoms with Gasteiger partial charge in [-0.05, 0) is 44.4 Å². The molecule has 1 saturated carbocycles. The van der Waals surface area contributed by atoms with Gasteiger partial charge in [0.1, 0.15) is 6.54 Å². The summed E-state index contributed by atoms with van der Waals surface area (Å²) >= 11 is 1.58. The van der Waals surface area contributed by atoms with Crippen molar-refractivity contribution in [1.82, 2.24) is 0 Å². The maximum Gasteiger partial charge on any atom is 0.108 e. The van der Waals surface area contributed by atoms with Crippen molar-refractivity contribution in [3.63, 3.8) is 0 Å². The Bertz CT molecular complexity index is 533. The molecule has 0 aromatic carbocycles. The van der Waals surface area contributed by atoms with Crippen LogP contribution in [-0.2, 0) is 13.0 Å². The number of rotatable bonds is 5. The van der Waals surface area contributed by atoms with Crippen molar-refractivity contribution in [2.75, 3.05) is 31.1 Å². The highest BCUT2D eigenvalue weighted by Crippen LogP contribution is 2.40. The lowest BCUT2D eigenvalue weighted by molar-refractivity contribution is -0.943. The smallest absolute Gasteiger partial charge is 0.108 e. The third kappa shape index (κ3) is 3.67. The van der Waals surface area contributed by atoms with Gasteiger partial charge in [-0.1, -0.05) is 6.92 Å². The molecule has 0 bridgehead atoms. The van der Waals surface area contributed by atoms with Gasteiger partial charge >= 0.3 is 0 Å². The molecule has 1 aliphatic heterocycles. The second-order valence-corrected chi connectivity index (χ2v) is 8.86. The lowest BCUT2D eigenvalue weighted by atomic mass is 9.84. The summed E-state index contributed by atoms with van der Waals surface area (Å²) in [4.78, 5) is 0. The van der Waals surface area contributed by atoms with Crippen LogP contribution in [0.25, 0.3) is 0 Å². The molecule has 23 heavy (non-hydrogen) atoms. The lowest BCUT2D eigenvalue weighted by Gasteiger charge is -2.43. The van der Waals surface area contributed by atoms with Crippen LogP contribution in [0.5, 0.6) is 0 Å². The Kier molecular flexibility index (Phi) is 5.19. The van der Waals surface area contributed by atoms with Crippen molar-refractivity contribution in [2.45, 2.75) is 64.5 Å². The largest absolute Gasteiger partial charge is 0.390 e. The fourth-order valence-corrected chi connectivity index (χ4v) is 5.55. The molecule has 0 spiro atoms. The first-order valence-corrected chi connectivity index (χ1v) is 10.1. The van der Waals surface area contributed by atoms with Gasteiger partial charge in [0.25, 0.3) is 0 Å². The van der Waals surface area contributed by atoms with Crippen molar-refractivity contribution >= 4 is 21.3 Å². The Morgan fingerprint density at radius 3 is 2.43 bits per heavy atom. The van der Waals surface area contributed by atoms with E-state index in [-0.39, 0.29) is 0 Å². The zero-order valence-corrected chi connectivity index (χ0v) is 15.3. The third-order valence-electron chi connectivity index (χ3n) is 6.11. The summed E-state index contributed by atoms with van der Waals surface area (Å²) in [6.45, 7) is 7.19. The number of nitrogen functional groups attached to an aromatic ring is 2. The normalized spacial score (nSPS) is 31.0. The van der Waals surface area contributed by atoms with E-state index in [9.17, 15) is 0 Å². The summed E-state index contributed by atoms with van der Waals surface area (Å²) in [6.07, 6.45) is 8.78. The van der Waals surface area contributed by atoms with Gasteiger partial charge < -0.3 is 21.7 Å². The Labute approximate surface area is 144 Å². The van der Waals surface area contributed by atoms with E-state index in [4.69, 9.17) is 17.2 Å². The minimum atomic E-state index is 0.455. The summed E-state index contributed by atoms with van der Waals surface area (Å²) in [6, 6.07) is 0.455. The molecule has 1 aromatic heterocycles. The predicted octanol–water partition coefficient (Wildman–Crippen LogP) is 3.10. The molecular formula is C18H33N4S+. The number of nitrogens with zero attached hydrogens (tertiary/aromatic N) is 1. The number of quaternary nitrogens is 1. The van der Waals surface area contributed by atoms with Crippen LogP contribution in [0.3, 0.4) is 0 Å². The van der Waals surface area contributed by atoms with Crippen LogP contribution >= 0.6 is 11.3 Å². The standard InChI is InChI=1S/C18H33N4S/c1-2-9-22(10-7-13-3-5-14(19)6-4-13)11-8-15-16(12-22)18(21)23-17(15)20/h13-14H,2-12,19-21H2,1H3/q+1/t13?,14?,22-/m0/s1. The van der Waals surface area contributed by atoms with Crippen molar-refractivity contribution < 1.29 is 4.48 Å². The molecule has 0 unspecified atom stereocenters. The first-order valence-electron chi connectivity index (χ1n) is 9.29. The van der Waals surface area contributed by atoms with E-state index in [1.165, 1.54) is 73.8 Å². The molecule has 6 N–H and O–H groups in total. The van der Waals surface area contributed by atoms with E-state index in [2.05, 4.69) is 6.92 Å². The lowest BCUT2D eigenvalue weighted by Crippen LogP contribution is -2.52. The molecule has 0 amide bonds. The molecule has 1 aromatic rings. The molecule has 1 fully saturated rings. The monoisotopic (exact) mass is 337 g/mol. The molecule has 4 nitrogen and oxygen atoms in total. The summed E-state index contributed by atoms with van der Waals surface area (Å²) < 4.78 is 1.21. The highest BCUT2D eigenvalue weighted by atomic mass is 32.1. The van der Waals surface area contributed by atoms with Crippen molar-refractivity contribution in [3.8, 4) is 0 Å². The van der Waals surface area contributed by atoms with Crippen LogP contribution in [0.2, 0.25) is 0 Å². The Balaban J connectivity index is 1.67. The second-order valence-electron chi connectivity index (χ2n) is 7.78. The SMILES string of the molecule is CCC[N@+]1(CCC2CCC(N)CC2)CCc2c(N)sc(N)c2C1. The Morgan fingerprint density at radius 1 is 1.04 bits per heavy atom. The number of anilines is 2. The van der Waals surface area contributed by atoms with E-state index in [0.717, 1.165) is 28.9 Å². The van der Waals surface area contributed by atoms with Gasteiger partial charge in [0, 0.05) is 23.6 Å². The Morgan fingerprint density at radius 2 is 1.74 bits per heavy atom. The maximum atomic E-state index is 6.25. The third-order valence-corrected chi connectivity index (χ3v) is 7.04. The molecule has 5 heteroatoms. The van der Waals surface area contributed by atoms with Crippen molar-refractivity contribution in [2.24, 2.45) is 11.7 Å². The summed E-state index contributed by atoms with van der Waals surface area (Å²) in [5.41, 5.74) is 21.2. The number of hydrogen-bond donors (Lipinski definition) is 3. The minimum absolute atomic E-state index is 0.455. The van der Waals surface area contributed by atoms with Gasteiger partial charge in [-0.2, -0.15) is 0 Å². The second kappa shape index (κ2) is 6.99. The van der Waals surface area contributed by atoms with Crippen LogP contribution in [-0.4, -0.2) is 30.2 Å². The highest BCUT2D eigenvalue weighted by molar-refractivity contribution is 7.20. The van der Waals surface area contributed by atoms with Crippen LogP contribution < -0.4 is 17.2 Å². The van der Waals surface area contributed by atoms with E-state index in [1.807, 2.05) is 0 Å². The topological polar surface area (TPSA) is 78.1 Å². The van der Waals surface area contributed by atoms with Gasteiger partial charge in [0.2, 0.25) is 0 Å². The van der Waals surface area contributed by atoms with E-state index < -0.39 is 0 Å². The molecule has 3 rings (SSSR count). The molecule has 130 valence electrons. The highest BCUT2D eigenvalue weighted by Gasteiger charge is 2.36. The zero-order chi connectivity index (χ0) is 16.4. The number of fused-ring (bicyclic) bond motifs is 1. The first kappa shape index (κ1) is 17.1. The van der Waals surface area contributed by atoms with Crippen molar-refractivity contribution in [3.05, 3.63) is 11.1 Å². The molecule has 2 heterocycles. The van der Waals surface area contributed by atoms with Crippen LogP contribution in [0, 0.1) is 5.92 Å².